The van der Waals surface area contributed by atoms with Gasteiger partial charge in [-0.2, -0.15) is 0 Å². The highest BCUT2D eigenvalue weighted by molar-refractivity contribution is 6.38. The van der Waals surface area contributed by atoms with Crippen LogP contribution in [0.1, 0.15) is 103 Å². The van der Waals surface area contributed by atoms with Gasteiger partial charge in [-0.05, 0) is 55.8 Å². The Morgan fingerprint density at radius 1 is 0.959 bits per heavy atom. The minimum atomic E-state index is -0.957. The highest BCUT2D eigenvalue weighted by Gasteiger charge is 2.54. The maximum atomic E-state index is 14.5. The molecule has 49 heavy (non-hydrogen) atoms. The summed E-state index contributed by atoms with van der Waals surface area (Å²) in [4.78, 5) is 91.2. The quantitative estimate of drug-likeness (QED) is 0.121. The van der Waals surface area contributed by atoms with E-state index in [2.05, 4.69) is 15.3 Å². The van der Waals surface area contributed by atoms with Gasteiger partial charge in [0.25, 0.3) is 0 Å². The molecule has 12 heteroatoms. The number of aromatic nitrogens is 2. The van der Waals surface area contributed by atoms with E-state index in [1.807, 2.05) is 34.6 Å². The largest absolute Gasteiger partial charge is 0.359 e. The summed E-state index contributed by atoms with van der Waals surface area (Å²) < 4.78 is 11.1. The first-order chi connectivity index (χ1) is 23.4. The third-order valence-electron chi connectivity index (χ3n) is 10.5. The molecule has 270 valence electrons. The number of carbonyl (C=O) groups is 6. The number of hydrogen-bond donors (Lipinski definition) is 1. The van der Waals surface area contributed by atoms with E-state index in [-0.39, 0.29) is 91.5 Å². The summed E-state index contributed by atoms with van der Waals surface area (Å²) in [6.45, 7) is 9.63. The molecular formula is C37H54N4O8. The Hall–Kier alpha value is -3.38. The Morgan fingerprint density at radius 3 is 2.29 bits per heavy atom. The Balaban J connectivity index is 1.56. The standard InChI is InChI=1S/C37H54N4O8/c1-7-8-24(35(45)31(44)15-23-9-10-23)16-30(43)34-25-11-12-32(49-20-48-6)27(25)19-41(34)37(47)33(22(4)5)40-36(46)26(21(2)3)17-29(42)28-18-38-13-14-39-28/h13-14,18,21-27,32-34H,7-12,15-17,19-20H2,1-6H3,(H,40,46)/t24?,25-,26+,27?,32+,33-,34?/m0/s1. The predicted molar refractivity (Wildman–Crippen MR) is 180 cm³/mol. The Morgan fingerprint density at radius 2 is 1.69 bits per heavy atom. The zero-order chi connectivity index (χ0) is 35.8. The average molecular weight is 683 g/mol. The topological polar surface area (TPSA) is 162 Å². The molecular weight excluding hydrogens is 628 g/mol. The van der Waals surface area contributed by atoms with Gasteiger partial charge in [0.1, 0.15) is 18.5 Å². The number of nitrogens with zero attached hydrogens (tertiary/aromatic N) is 3. The first kappa shape index (κ1) is 38.4. The van der Waals surface area contributed by atoms with E-state index in [1.165, 1.54) is 18.6 Å². The van der Waals surface area contributed by atoms with Crippen LogP contribution in [0.3, 0.4) is 0 Å². The lowest BCUT2D eigenvalue weighted by atomic mass is 9.83. The Bertz CT molecular complexity index is 1350. The molecule has 1 saturated heterocycles. The van der Waals surface area contributed by atoms with Crippen LogP contribution in [0.25, 0.3) is 0 Å². The van der Waals surface area contributed by atoms with Gasteiger partial charge in [-0.25, -0.2) is 4.98 Å². The molecule has 3 aliphatic rings. The van der Waals surface area contributed by atoms with Crippen LogP contribution < -0.4 is 5.32 Å². The van der Waals surface area contributed by atoms with E-state index in [4.69, 9.17) is 9.47 Å². The second-order valence-electron chi connectivity index (χ2n) is 14.8. The molecule has 0 aromatic carbocycles. The number of hydrogen-bond acceptors (Lipinski definition) is 10. The van der Waals surface area contributed by atoms with Gasteiger partial charge in [0.15, 0.2) is 17.3 Å². The third-order valence-corrected chi connectivity index (χ3v) is 10.5. The number of methoxy groups -OCH3 is 1. The molecule has 0 spiro atoms. The fourth-order valence-corrected chi connectivity index (χ4v) is 7.56. The molecule has 3 unspecified atom stereocenters. The molecule has 1 N–H and O–H groups in total. The summed E-state index contributed by atoms with van der Waals surface area (Å²) in [6.07, 6.45) is 8.41. The van der Waals surface area contributed by atoms with Gasteiger partial charge < -0.3 is 19.7 Å². The zero-order valence-electron chi connectivity index (χ0n) is 29.9. The van der Waals surface area contributed by atoms with Gasteiger partial charge in [0, 0.05) is 63.1 Å². The number of Topliss-reactive ketones (excluding diaryl/α,β-unsaturated/α-hetero) is 4. The van der Waals surface area contributed by atoms with E-state index in [1.54, 1.807) is 12.0 Å². The van der Waals surface area contributed by atoms with Gasteiger partial charge in [-0.15, -0.1) is 0 Å². The second-order valence-corrected chi connectivity index (χ2v) is 14.8. The molecule has 2 heterocycles. The van der Waals surface area contributed by atoms with E-state index in [0.717, 1.165) is 12.8 Å². The fourth-order valence-electron chi connectivity index (χ4n) is 7.56. The zero-order valence-corrected chi connectivity index (χ0v) is 29.9. The van der Waals surface area contributed by atoms with Crippen LogP contribution in [0.15, 0.2) is 18.6 Å². The number of fused-ring (bicyclic) bond motifs is 1. The molecule has 2 amide bonds. The maximum absolute atomic E-state index is 14.5. The summed E-state index contributed by atoms with van der Waals surface area (Å²) in [6, 6.07) is -1.77. The molecule has 1 aromatic rings. The highest BCUT2D eigenvalue weighted by Crippen LogP contribution is 2.45. The number of rotatable bonds is 20. The number of ether oxygens (including phenoxy) is 2. The summed E-state index contributed by atoms with van der Waals surface area (Å²) in [5.74, 6) is -4.27. The summed E-state index contributed by atoms with van der Waals surface area (Å²) >= 11 is 0. The van der Waals surface area contributed by atoms with E-state index >= 15 is 0 Å². The maximum Gasteiger partial charge on any atom is 0.246 e. The molecule has 2 saturated carbocycles. The average Bonchev–Trinajstić information content (AvgIpc) is 3.68. The fraction of sp³-hybridized carbons (Fsp3) is 0.730. The highest BCUT2D eigenvalue weighted by atomic mass is 16.7. The van der Waals surface area contributed by atoms with Crippen molar-refractivity contribution in [2.75, 3.05) is 20.4 Å². The van der Waals surface area contributed by atoms with Gasteiger partial charge in [-0.1, -0.05) is 41.0 Å². The molecule has 0 bridgehead atoms. The lowest BCUT2D eigenvalue weighted by Gasteiger charge is -2.33. The molecule has 1 aromatic heterocycles. The van der Waals surface area contributed by atoms with Crippen LogP contribution in [-0.4, -0.2) is 88.5 Å². The summed E-state index contributed by atoms with van der Waals surface area (Å²) in [7, 11) is 1.54. The lowest BCUT2D eigenvalue weighted by Crippen LogP contribution is -2.56. The van der Waals surface area contributed by atoms with Crippen molar-refractivity contribution in [3.63, 3.8) is 0 Å². The van der Waals surface area contributed by atoms with Crippen LogP contribution >= 0.6 is 0 Å². The lowest BCUT2D eigenvalue weighted by molar-refractivity contribution is -0.145. The van der Waals surface area contributed by atoms with Gasteiger partial charge in [0.05, 0.1) is 18.3 Å². The molecule has 4 rings (SSSR count). The van der Waals surface area contributed by atoms with Crippen molar-refractivity contribution in [3.8, 4) is 0 Å². The molecule has 2 aliphatic carbocycles. The van der Waals surface area contributed by atoms with Crippen molar-refractivity contribution in [2.24, 2.45) is 41.4 Å². The predicted octanol–water partition coefficient (Wildman–Crippen LogP) is 4.00. The normalized spacial score (nSPS) is 23.6. The van der Waals surface area contributed by atoms with Gasteiger partial charge >= 0.3 is 0 Å². The Labute approximate surface area is 289 Å². The van der Waals surface area contributed by atoms with Gasteiger partial charge in [-0.3, -0.25) is 33.8 Å². The van der Waals surface area contributed by atoms with Crippen LogP contribution in [0.4, 0.5) is 0 Å². The number of nitrogens with one attached hydrogen (secondary N) is 1. The van der Waals surface area contributed by atoms with Crippen molar-refractivity contribution >= 4 is 34.9 Å². The van der Waals surface area contributed by atoms with E-state index < -0.39 is 41.4 Å². The third kappa shape index (κ3) is 9.66. The second kappa shape index (κ2) is 17.5. The number of ketones is 4. The summed E-state index contributed by atoms with van der Waals surface area (Å²) in [5, 5.41) is 2.94. The SMILES string of the molecule is CCCC(CC(=O)C1[C@H]2CC[C@@H](OCOC)C2CN1C(=O)[C@@H](NC(=O)[C@H](CC(=O)c1cnccn1)C(C)C)C(C)C)C(=O)C(=O)CC1CC1. The monoisotopic (exact) mass is 682 g/mol. The van der Waals surface area contributed by atoms with Crippen LogP contribution in [0, 0.1) is 41.4 Å². The summed E-state index contributed by atoms with van der Waals surface area (Å²) in [5.41, 5.74) is 0.168. The van der Waals surface area contributed by atoms with Gasteiger partial charge in [0.2, 0.25) is 17.6 Å². The van der Waals surface area contributed by atoms with E-state index in [0.29, 0.717) is 25.7 Å². The molecule has 0 radical (unpaired) electrons. The molecule has 7 atom stereocenters. The van der Waals surface area contributed by atoms with Crippen molar-refractivity contribution in [2.45, 2.75) is 111 Å². The minimum absolute atomic E-state index is 0.0885. The molecule has 1 aliphatic heterocycles. The Kier molecular flexibility index (Phi) is 13.7. The van der Waals surface area contributed by atoms with Crippen molar-refractivity contribution < 1.29 is 38.2 Å². The minimum Gasteiger partial charge on any atom is -0.359 e. The van der Waals surface area contributed by atoms with Crippen LogP contribution in [0.5, 0.6) is 0 Å². The first-order valence-corrected chi connectivity index (χ1v) is 18.0. The van der Waals surface area contributed by atoms with Crippen LogP contribution in [-0.2, 0) is 33.4 Å². The number of likely N-dealkylation sites (tertiary alicyclic amines) is 1. The molecule has 12 nitrogen and oxygen atoms in total. The van der Waals surface area contributed by atoms with Crippen molar-refractivity contribution in [1.82, 2.24) is 20.2 Å². The van der Waals surface area contributed by atoms with Crippen molar-refractivity contribution in [1.29, 1.82) is 0 Å². The van der Waals surface area contributed by atoms with Crippen molar-refractivity contribution in [3.05, 3.63) is 24.3 Å². The number of amides is 2. The van der Waals surface area contributed by atoms with E-state index in [9.17, 15) is 28.8 Å². The molecule has 3 fully saturated rings. The first-order valence-electron chi connectivity index (χ1n) is 18.0. The van der Waals surface area contributed by atoms with Crippen LogP contribution in [0.2, 0.25) is 0 Å². The smallest absolute Gasteiger partial charge is 0.246 e. The number of carbonyl (C=O) groups excluding carboxylic acids is 6.